The molecule has 27 heavy (non-hydrogen) atoms. The van der Waals surface area contributed by atoms with Crippen molar-refractivity contribution >= 4 is 16.8 Å². The van der Waals surface area contributed by atoms with E-state index in [9.17, 15) is 4.79 Å². The number of pyridine rings is 1. The van der Waals surface area contributed by atoms with E-state index < -0.39 is 0 Å². The van der Waals surface area contributed by atoms with Crippen LogP contribution in [0.3, 0.4) is 0 Å². The largest absolute Gasteiger partial charge is 0.341 e. The van der Waals surface area contributed by atoms with E-state index in [0.717, 1.165) is 38.1 Å². The number of amides is 1. The first-order valence-electron chi connectivity index (χ1n) is 10.5. The Labute approximate surface area is 162 Å². The minimum atomic E-state index is 0.210. The maximum absolute atomic E-state index is 12.1. The summed E-state index contributed by atoms with van der Waals surface area (Å²) in [5, 5.41) is 1.20. The Morgan fingerprint density at radius 3 is 2.74 bits per heavy atom. The van der Waals surface area contributed by atoms with E-state index in [1.54, 1.807) is 6.92 Å². The number of hydrogen-bond donors (Lipinski definition) is 0. The molecule has 0 N–H and O–H groups in total. The molecule has 1 aliphatic carbocycles. The molecule has 4 nitrogen and oxygen atoms in total. The highest BCUT2D eigenvalue weighted by molar-refractivity contribution is 5.78. The highest BCUT2D eigenvalue weighted by Crippen LogP contribution is 2.26. The number of fused-ring (bicyclic) bond motifs is 1. The van der Waals surface area contributed by atoms with E-state index in [4.69, 9.17) is 0 Å². The highest BCUT2D eigenvalue weighted by atomic mass is 16.2. The summed E-state index contributed by atoms with van der Waals surface area (Å²) in [6.45, 7) is 5.58. The minimum absolute atomic E-state index is 0.210. The second kappa shape index (κ2) is 8.39. The molecular weight excluding hydrogens is 334 g/mol. The zero-order valence-electron chi connectivity index (χ0n) is 16.4. The predicted octanol–water partition coefficient (Wildman–Crippen LogP) is 3.89. The summed E-state index contributed by atoms with van der Waals surface area (Å²) in [6.07, 6.45) is 9.76. The Bertz CT molecular complexity index is 784. The van der Waals surface area contributed by atoms with Crippen molar-refractivity contribution in [2.24, 2.45) is 5.92 Å². The van der Waals surface area contributed by atoms with Crippen molar-refractivity contribution in [3.63, 3.8) is 0 Å². The van der Waals surface area contributed by atoms with Crippen LogP contribution in [0.1, 0.15) is 44.6 Å². The first-order valence-corrected chi connectivity index (χ1v) is 10.5. The van der Waals surface area contributed by atoms with Crippen LogP contribution in [0.15, 0.2) is 36.5 Å². The average molecular weight is 366 g/mol. The van der Waals surface area contributed by atoms with Crippen LogP contribution < -0.4 is 0 Å². The Morgan fingerprint density at radius 2 is 1.93 bits per heavy atom. The molecule has 1 aromatic carbocycles. The smallest absolute Gasteiger partial charge is 0.219 e. The van der Waals surface area contributed by atoms with Gasteiger partial charge < -0.3 is 4.90 Å². The second-order valence-corrected chi connectivity index (χ2v) is 8.36. The Hall–Kier alpha value is -1.94. The van der Waals surface area contributed by atoms with E-state index >= 15 is 0 Å². The standard InChI is InChI=1S/C23H31N3O/c1-18(27)25-11-12-26(22-8-3-2-4-9-22)17-20(16-25)13-19-14-21-7-5-6-10-23(21)24-15-19/h5-7,10,14-15,20,22H,2-4,8-9,11-13,16-17H2,1H3. The lowest BCUT2D eigenvalue weighted by molar-refractivity contribution is -0.129. The highest BCUT2D eigenvalue weighted by Gasteiger charge is 2.29. The van der Waals surface area contributed by atoms with Crippen LogP contribution >= 0.6 is 0 Å². The first kappa shape index (κ1) is 18.4. The van der Waals surface area contributed by atoms with Gasteiger partial charge in [-0.3, -0.25) is 14.7 Å². The third-order valence-electron chi connectivity index (χ3n) is 6.34. The summed E-state index contributed by atoms with van der Waals surface area (Å²) in [6, 6.07) is 11.3. The Morgan fingerprint density at radius 1 is 1.11 bits per heavy atom. The van der Waals surface area contributed by atoms with Crippen LogP contribution in [-0.4, -0.2) is 52.9 Å². The van der Waals surface area contributed by atoms with Gasteiger partial charge >= 0.3 is 0 Å². The number of para-hydroxylation sites is 1. The molecule has 1 atom stereocenters. The van der Waals surface area contributed by atoms with E-state index in [1.165, 1.54) is 43.1 Å². The van der Waals surface area contributed by atoms with Crippen molar-refractivity contribution in [3.05, 3.63) is 42.1 Å². The summed E-state index contributed by atoms with van der Waals surface area (Å²) < 4.78 is 0. The van der Waals surface area contributed by atoms with Crippen LogP contribution in [0.2, 0.25) is 0 Å². The van der Waals surface area contributed by atoms with Crippen LogP contribution in [-0.2, 0) is 11.2 Å². The summed E-state index contributed by atoms with van der Waals surface area (Å²) in [4.78, 5) is 21.5. The lowest BCUT2D eigenvalue weighted by atomic mass is 9.92. The van der Waals surface area contributed by atoms with Crippen molar-refractivity contribution in [1.82, 2.24) is 14.8 Å². The topological polar surface area (TPSA) is 36.4 Å². The molecule has 4 rings (SSSR count). The van der Waals surface area contributed by atoms with Crippen molar-refractivity contribution in [2.45, 2.75) is 51.5 Å². The van der Waals surface area contributed by atoms with Crippen molar-refractivity contribution < 1.29 is 4.79 Å². The molecule has 2 aliphatic rings. The fraction of sp³-hybridized carbons (Fsp3) is 0.565. The van der Waals surface area contributed by atoms with E-state index in [0.29, 0.717) is 12.0 Å². The van der Waals surface area contributed by atoms with Gasteiger partial charge in [0, 0.05) is 50.7 Å². The molecule has 1 aliphatic heterocycles. The van der Waals surface area contributed by atoms with Crippen LogP contribution in [0.4, 0.5) is 0 Å². The van der Waals surface area contributed by atoms with Gasteiger partial charge in [-0.05, 0) is 42.9 Å². The van der Waals surface area contributed by atoms with Gasteiger partial charge in [0.15, 0.2) is 0 Å². The molecule has 1 amide bonds. The predicted molar refractivity (Wildman–Crippen MR) is 110 cm³/mol. The van der Waals surface area contributed by atoms with Crippen molar-refractivity contribution in [3.8, 4) is 0 Å². The number of carbonyl (C=O) groups excluding carboxylic acids is 1. The molecule has 0 spiro atoms. The van der Waals surface area contributed by atoms with Gasteiger partial charge in [-0.1, -0.05) is 37.5 Å². The monoisotopic (exact) mass is 365 g/mol. The lowest BCUT2D eigenvalue weighted by Gasteiger charge is -2.34. The third-order valence-corrected chi connectivity index (χ3v) is 6.34. The maximum atomic E-state index is 12.1. The minimum Gasteiger partial charge on any atom is -0.341 e. The number of carbonyl (C=O) groups is 1. The van der Waals surface area contributed by atoms with E-state index in [-0.39, 0.29) is 5.91 Å². The molecule has 1 saturated heterocycles. The van der Waals surface area contributed by atoms with Gasteiger partial charge in [0.1, 0.15) is 0 Å². The van der Waals surface area contributed by atoms with Gasteiger partial charge in [-0.2, -0.15) is 0 Å². The van der Waals surface area contributed by atoms with Gasteiger partial charge in [0.25, 0.3) is 0 Å². The van der Waals surface area contributed by atoms with Gasteiger partial charge in [0.2, 0.25) is 5.91 Å². The van der Waals surface area contributed by atoms with Gasteiger partial charge in [-0.15, -0.1) is 0 Å². The average Bonchev–Trinajstić information content (AvgIpc) is 2.91. The molecule has 2 heterocycles. The molecule has 0 radical (unpaired) electrons. The van der Waals surface area contributed by atoms with Gasteiger partial charge in [0.05, 0.1) is 5.52 Å². The Balaban J connectivity index is 1.52. The molecule has 2 fully saturated rings. The fourth-order valence-corrected chi connectivity index (χ4v) is 4.89. The molecule has 1 aromatic heterocycles. The molecule has 1 saturated carbocycles. The third kappa shape index (κ3) is 4.49. The van der Waals surface area contributed by atoms with Crippen LogP contribution in [0.5, 0.6) is 0 Å². The SMILES string of the molecule is CC(=O)N1CCN(C2CCCCC2)CC(Cc2cnc3ccccc3c2)C1. The molecule has 144 valence electrons. The summed E-state index contributed by atoms with van der Waals surface area (Å²) in [5.74, 6) is 0.684. The summed E-state index contributed by atoms with van der Waals surface area (Å²) in [5.41, 5.74) is 2.34. The second-order valence-electron chi connectivity index (χ2n) is 8.36. The summed E-state index contributed by atoms with van der Waals surface area (Å²) >= 11 is 0. The normalized spacial score (nSPS) is 22.7. The summed E-state index contributed by atoms with van der Waals surface area (Å²) in [7, 11) is 0. The van der Waals surface area contributed by atoms with Crippen molar-refractivity contribution in [2.75, 3.05) is 26.2 Å². The zero-order valence-corrected chi connectivity index (χ0v) is 16.4. The lowest BCUT2D eigenvalue weighted by Crippen LogP contribution is -2.41. The quantitative estimate of drug-likeness (QED) is 0.828. The maximum Gasteiger partial charge on any atom is 0.219 e. The number of nitrogens with zero attached hydrogens (tertiary/aromatic N) is 3. The van der Waals surface area contributed by atoms with E-state index in [2.05, 4.69) is 39.0 Å². The number of benzene rings is 1. The Kier molecular flexibility index (Phi) is 5.72. The van der Waals surface area contributed by atoms with Crippen LogP contribution in [0, 0.1) is 5.92 Å². The number of aromatic nitrogens is 1. The molecule has 4 heteroatoms. The molecular formula is C23H31N3O. The fourth-order valence-electron chi connectivity index (χ4n) is 4.89. The van der Waals surface area contributed by atoms with Gasteiger partial charge in [-0.25, -0.2) is 0 Å². The number of rotatable bonds is 3. The number of hydrogen-bond acceptors (Lipinski definition) is 3. The molecule has 1 unspecified atom stereocenters. The van der Waals surface area contributed by atoms with Crippen molar-refractivity contribution in [1.29, 1.82) is 0 Å². The van der Waals surface area contributed by atoms with E-state index in [1.807, 2.05) is 12.3 Å². The van der Waals surface area contributed by atoms with Crippen LogP contribution in [0.25, 0.3) is 10.9 Å². The first-order chi connectivity index (χ1) is 13.2. The molecule has 2 aromatic rings. The molecule has 0 bridgehead atoms. The zero-order chi connectivity index (χ0) is 18.6.